The lowest BCUT2D eigenvalue weighted by atomic mass is 9.99. The van der Waals surface area contributed by atoms with Gasteiger partial charge in [0.15, 0.2) is 0 Å². The van der Waals surface area contributed by atoms with E-state index in [1.165, 1.54) is 0 Å². The van der Waals surface area contributed by atoms with Gasteiger partial charge in [0.05, 0.1) is 18.2 Å². The monoisotopic (exact) mass is 286 g/mol. The molecule has 1 atom stereocenters. The summed E-state index contributed by atoms with van der Waals surface area (Å²) < 4.78 is 0. The summed E-state index contributed by atoms with van der Waals surface area (Å²) in [5, 5.41) is 22.0. The zero-order valence-electron chi connectivity index (χ0n) is 10.6. The zero-order chi connectivity index (χ0) is 13.0. The molecule has 3 N–H and O–H groups in total. The van der Waals surface area contributed by atoms with E-state index in [2.05, 4.69) is 10.2 Å². The maximum absolute atomic E-state index is 11.2. The Labute approximate surface area is 118 Å². The number of benzene rings is 1. The minimum Gasteiger partial charge on any atom is -0.478 e. The first-order valence-electron chi connectivity index (χ1n) is 6.12. The van der Waals surface area contributed by atoms with Crippen molar-refractivity contribution in [3.05, 3.63) is 35.4 Å². The molecule has 0 aromatic heterocycles. The van der Waals surface area contributed by atoms with E-state index < -0.39 is 5.97 Å². The molecule has 0 saturated carbocycles. The third-order valence-corrected chi connectivity index (χ3v) is 3.32. The van der Waals surface area contributed by atoms with Gasteiger partial charge in [-0.3, -0.25) is 4.90 Å². The fourth-order valence-electron chi connectivity index (χ4n) is 2.39. The van der Waals surface area contributed by atoms with Crippen molar-refractivity contribution in [1.82, 2.24) is 10.2 Å². The number of aromatic carboxylic acids is 1. The molecular weight excluding hydrogens is 268 g/mol. The van der Waals surface area contributed by atoms with Crippen molar-refractivity contribution in [2.75, 3.05) is 32.8 Å². The summed E-state index contributed by atoms with van der Waals surface area (Å²) in [5.41, 5.74) is 0.962. The molecule has 1 heterocycles. The van der Waals surface area contributed by atoms with Crippen LogP contribution < -0.4 is 5.32 Å². The van der Waals surface area contributed by atoms with Crippen LogP contribution in [0.5, 0.6) is 0 Å². The Morgan fingerprint density at radius 2 is 1.95 bits per heavy atom. The van der Waals surface area contributed by atoms with Gasteiger partial charge in [-0.1, -0.05) is 18.2 Å². The third-order valence-electron chi connectivity index (χ3n) is 3.32. The first-order chi connectivity index (χ1) is 8.74. The predicted molar refractivity (Wildman–Crippen MR) is 74.9 cm³/mol. The standard InChI is InChI=1S/C13H18N2O3.ClH/c16-9-12(15-7-5-14-6-8-15)10-3-1-2-4-11(10)13(17)18;/h1-4,12,14,16H,5-9H2,(H,17,18);1H/t12-;/m1./s1. The van der Waals surface area contributed by atoms with Gasteiger partial charge >= 0.3 is 5.97 Å². The van der Waals surface area contributed by atoms with Crippen LogP contribution in [0.2, 0.25) is 0 Å². The highest BCUT2D eigenvalue weighted by Crippen LogP contribution is 2.24. The van der Waals surface area contributed by atoms with Crippen molar-refractivity contribution in [3.8, 4) is 0 Å². The number of nitrogens with zero attached hydrogens (tertiary/aromatic N) is 1. The maximum atomic E-state index is 11.2. The van der Waals surface area contributed by atoms with E-state index in [4.69, 9.17) is 0 Å². The van der Waals surface area contributed by atoms with Gasteiger partial charge in [0.25, 0.3) is 0 Å². The Morgan fingerprint density at radius 3 is 2.53 bits per heavy atom. The zero-order valence-corrected chi connectivity index (χ0v) is 11.4. The van der Waals surface area contributed by atoms with Crippen LogP contribution in [0.1, 0.15) is 22.0 Å². The van der Waals surface area contributed by atoms with E-state index >= 15 is 0 Å². The van der Waals surface area contributed by atoms with Gasteiger partial charge in [-0.25, -0.2) is 4.79 Å². The van der Waals surface area contributed by atoms with E-state index in [1.54, 1.807) is 18.2 Å². The van der Waals surface area contributed by atoms with E-state index in [1.807, 2.05) is 6.07 Å². The lowest BCUT2D eigenvalue weighted by Gasteiger charge is -2.34. The number of carboxylic acid groups (broad SMARTS) is 1. The second-order valence-corrected chi connectivity index (χ2v) is 4.38. The highest BCUT2D eigenvalue weighted by molar-refractivity contribution is 5.89. The smallest absolute Gasteiger partial charge is 0.336 e. The molecule has 0 unspecified atom stereocenters. The molecule has 106 valence electrons. The average Bonchev–Trinajstić information content (AvgIpc) is 2.41. The molecule has 0 amide bonds. The predicted octanol–water partition coefficient (Wildman–Crippen LogP) is 0.745. The molecule has 0 radical (unpaired) electrons. The molecule has 19 heavy (non-hydrogen) atoms. The molecule has 0 bridgehead atoms. The largest absolute Gasteiger partial charge is 0.478 e. The highest BCUT2D eigenvalue weighted by atomic mass is 35.5. The molecular formula is C13H19ClN2O3. The van der Waals surface area contributed by atoms with Crippen LogP contribution in [0, 0.1) is 0 Å². The Hall–Kier alpha value is -1.14. The van der Waals surface area contributed by atoms with Crippen LogP contribution in [0.25, 0.3) is 0 Å². The lowest BCUT2D eigenvalue weighted by Crippen LogP contribution is -2.46. The molecule has 0 spiro atoms. The summed E-state index contributed by atoms with van der Waals surface area (Å²) in [7, 11) is 0. The van der Waals surface area contributed by atoms with E-state index in [0.717, 1.165) is 26.2 Å². The summed E-state index contributed by atoms with van der Waals surface area (Å²) in [5.74, 6) is -0.945. The maximum Gasteiger partial charge on any atom is 0.336 e. The number of piperazine rings is 1. The number of carboxylic acids is 1. The minimum atomic E-state index is -0.945. The Balaban J connectivity index is 0.00000180. The number of aliphatic hydroxyl groups is 1. The van der Waals surface area contributed by atoms with Crippen LogP contribution in [0.4, 0.5) is 0 Å². The first kappa shape index (κ1) is 15.9. The second kappa shape index (κ2) is 7.45. The molecule has 1 aliphatic rings. The van der Waals surface area contributed by atoms with Crippen LogP contribution in [-0.2, 0) is 0 Å². The van der Waals surface area contributed by atoms with Crippen LogP contribution in [0.15, 0.2) is 24.3 Å². The topological polar surface area (TPSA) is 72.8 Å². The minimum absolute atomic E-state index is 0. The Morgan fingerprint density at radius 1 is 1.32 bits per heavy atom. The van der Waals surface area contributed by atoms with E-state index in [0.29, 0.717) is 5.56 Å². The summed E-state index contributed by atoms with van der Waals surface area (Å²) in [4.78, 5) is 13.3. The molecule has 1 aromatic carbocycles. The Bertz CT molecular complexity index is 422. The third kappa shape index (κ3) is 3.67. The number of rotatable bonds is 4. The van der Waals surface area contributed by atoms with Crippen LogP contribution in [0.3, 0.4) is 0 Å². The number of halogens is 1. The molecule has 2 rings (SSSR count). The summed E-state index contributed by atoms with van der Waals surface area (Å²) in [6, 6.07) is 6.65. The number of carbonyl (C=O) groups is 1. The van der Waals surface area contributed by atoms with Gasteiger partial charge in [0.2, 0.25) is 0 Å². The van der Waals surface area contributed by atoms with Gasteiger partial charge in [0, 0.05) is 26.2 Å². The van der Waals surface area contributed by atoms with Crippen LogP contribution >= 0.6 is 12.4 Å². The number of aliphatic hydroxyl groups excluding tert-OH is 1. The highest BCUT2D eigenvalue weighted by Gasteiger charge is 2.25. The quantitative estimate of drug-likeness (QED) is 0.762. The van der Waals surface area contributed by atoms with Gasteiger partial charge in [-0.2, -0.15) is 0 Å². The van der Waals surface area contributed by atoms with Gasteiger partial charge in [0.1, 0.15) is 0 Å². The van der Waals surface area contributed by atoms with Gasteiger partial charge in [-0.05, 0) is 11.6 Å². The second-order valence-electron chi connectivity index (χ2n) is 4.38. The molecule has 1 saturated heterocycles. The molecule has 1 aliphatic heterocycles. The number of nitrogens with one attached hydrogen (secondary N) is 1. The van der Waals surface area contributed by atoms with Gasteiger partial charge in [-0.15, -0.1) is 12.4 Å². The van der Waals surface area contributed by atoms with Crippen molar-refractivity contribution >= 4 is 18.4 Å². The molecule has 1 aromatic rings. The average molecular weight is 287 g/mol. The lowest BCUT2D eigenvalue weighted by molar-refractivity contribution is 0.0686. The molecule has 5 nitrogen and oxygen atoms in total. The van der Waals surface area contributed by atoms with Gasteiger partial charge < -0.3 is 15.5 Å². The Kier molecular flexibility index (Phi) is 6.24. The normalized spacial score (nSPS) is 17.5. The fraction of sp³-hybridized carbons (Fsp3) is 0.462. The molecule has 1 fully saturated rings. The summed E-state index contributed by atoms with van der Waals surface area (Å²) in [6.07, 6.45) is 0. The first-order valence-corrected chi connectivity index (χ1v) is 6.12. The van der Waals surface area contributed by atoms with Crippen molar-refractivity contribution in [2.45, 2.75) is 6.04 Å². The summed E-state index contributed by atoms with van der Waals surface area (Å²) >= 11 is 0. The van der Waals surface area contributed by atoms with E-state index in [9.17, 15) is 15.0 Å². The van der Waals surface area contributed by atoms with Crippen molar-refractivity contribution in [3.63, 3.8) is 0 Å². The fourth-order valence-corrected chi connectivity index (χ4v) is 2.39. The van der Waals surface area contributed by atoms with Crippen molar-refractivity contribution in [1.29, 1.82) is 0 Å². The molecule has 6 heteroatoms. The molecule has 0 aliphatic carbocycles. The number of hydrogen-bond acceptors (Lipinski definition) is 4. The van der Waals surface area contributed by atoms with E-state index in [-0.39, 0.29) is 30.6 Å². The SMILES string of the molecule is Cl.O=C(O)c1ccccc1[C@@H](CO)N1CCNCC1. The van der Waals surface area contributed by atoms with Crippen molar-refractivity contribution < 1.29 is 15.0 Å². The summed E-state index contributed by atoms with van der Waals surface area (Å²) in [6.45, 7) is 3.31. The van der Waals surface area contributed by atoms with Crippen molar-refractivity contribution in [2.24, 2.45) is 0 Å². The number of hydrogen-bond donors (Lipinski definition) is 3. The van der Waals surface area contributed by atoms with Crippen LogP contribution in [-0.4, -0.2) is 53.9 Å².